The summed E-state index contributed by atoms with van der Waals surface area (Å²) in [5, 5.41) is 0. The lowest BCUT2D eigenvalue weighted by Crippen LogP contribution is -2.18. The van der Waals surface area contributed by atoms with Gasteiger partial charge in [-0.1, -0.05) is 136 Å². The lowest BCUT2D eigenvalue weighted by atomic mass is 9.99. The zero-order valence-electron chi connectivity index (χ0n) is 21.1. The van der Waals surface area contributed by atoms with Gasteiger partial charge in [0, 0.05) is 0 Å². The number of hydrogen-bond donors (Lipinski definition) is 0. The normalized spacial score (nSPS) is 12.5. The summed E-state index contributed by atoms with van der Waals surface area (Å²) < 4.78 is 12.0. The van der Waals surface area contributed by atoms with Crippen LogP contribution in [0.1, 0.15) is 72.3 Å². The van der Waals surface area contributed by atoms with Gasteiger partial charge in [0.1, 0.15) is 0 Å². The molecule has 0 aromatic heterocycles. The van der Waals surface area contributed by atoms with E-state index < -0.39 is 18.4 Å². The third-order valence-corrected chi connectivity index (χ3v) is 6.28. The van der Waals surface area contributed by atoms with Crippen LogP contribution < -0.4 is 0 Å². The molecule has 0 spiro atoms. The molecule has 0 N–H and O–H groups in total. The minimum absolute atomic E-state index is 0.558. The van der Waals surface area contributed by atoms with Crippen molar-refractivity contribution in [3.8, 4) is 0 Å². The predicted molar refractivity (Wildman–Crippen MR) is 145 cm³/mol. The Balaban J connectivity index is 1.59. The average Bonchev–Trinajstić information content (AvgIpc) is 2.93. The molecular formula is C33H34O3. The second kappa shape index (κ2) is 12.7. The first-order valence-corrected chi connectivity index (χ1v) is 12.8. The van der Waals surface area contributed by atoms with Crippen LogP contribution in [0.2, 0.25) is 0 Å². The molecule has 0 amide bonds. The molecule has 36 heavy (non-hydrogen) atoms. The quantitative estimate of drug-likeness (QED) is 0.214. The van der Waals surface area contributed by atoms with E-state index in [-0.39, 0.29) is 0 Å². The van der Waals surface area contributed by atoms with Crippen LogP contribution in [0.15, 0.2) is 109 Å². The predicted octanol–water partition coefficient (Wildman–Crippen LogP) is 8.62. The second-order valence-corrected chi connectivity index (χ2v) is 9.05. The molecule has 4 rings (SSSR count). The molecule has 184 valence electrons. The molecule has 0 saturated carbocycles. The van der Waals surface area contributed by atoms with E-state index in [1.165, 1.54) is 11.1 Å². The molecule has 3 heteroatoms. The van der Waals surface area contributed by atoms with E-state index >= 15 is 0 Å². The van der Waals surface area contributed by atoms with Gasteiger partial charge < -0.3 is 9.47 Å². The van der Waals surface area contributed by atoms with Gasteiger partial charge in [-0.05, 0) is 46.2 Å². The van der Waals surface area contributed by atoms with Gasteiger partial charge in [0.25, 0.3) is 0 Å². The van der Waals surface area contributed by atoms with E-state index in [4.69, 9.17) is 9.47 Å². The molecule has 0 radical (unpaired) electrons. The number of benzene rings is 4. The summed E-state index contributed by atoms with van der Waals surface area (Å²) in [4.78, 5) is 13.3. The number of rotatable bonds is 10. The largest absolute Gasteiger partial charge is 0.510 e. The third-order valence-electron chi connectivity index (χ3n) is 6.28. The van der Waals surface area contributed by atoms with Gasteiger partial charge in [-0.25, -0.2) is 4.79 Å². The first-order valence-electron chi connectivity index (χ1n) is 12.8. The van der Waals surface area contributed by atoms with E-state index in [0.717, 1.165) is 47.9 Å². The fourth-order valence-corrected chi connectivity index (χ4v) is 4.43. The summed E-state index contributed by atoms with van der Waals surface area (Å²) in [6.07, 6.45) is 2.41. The minimum Gasteiger partial charge on any atom is -0.421 e. The van der Waals surface area contributed by atoms with Gasteiger partial charge in [-0.2, -0.15) is 0 Å². The van der Waals surface area contributed by atoms with Gasteiger partial charge in [0.2, 0.25) is 0 Å². The smallest absolute Gasteiger partial charge is 0.421 e. The molecule has 0 heterocycles. The molecule has 4 aromatic rings. The minimum atomic E-state index is -0.701. The Morgan fingerprint density at radius 3 is 1.19 bits per heavy atom. The van der Waals surface area contributed by atoms with Crippen LogP contribution in [0, 0.1) is 0 Å². The number of hydrogen-bond acceptors (Lipinski definition) is 3. The van der Waals surface area contributed by atoms with Crippen LogP contribution in [0.4, 0.5) is 4.79 Å². The molecule has 2 unspecified atom stereocenters. The van der Waals surface area contributed by atoms with Crippen molar-refractivity contribution in [3.63, 3.8) is 0 Å². The van der Waals surface area contributed by atoms with Crippen LogP contribution in [-0.4, -0.2) is 6.16 Å². The monoisotopic (exact) mass is 478 g/mol. The van der Waals surface area contributed by atoms with Gasteiger partial charge in [0.15, 0.2) is 12.2 Å². The van der Waals surface area contributed by atoms with Crippen molar-refractivity contribution < 1.29 is 14.3 Å². The highest BCUT2D eigenvalue weighted by Gasteiger charge is 2.25. The van der Waals surface area contributed by atoms with Crippen LogP contribution >= 0.6 is 0 Å². The summed E-state index contributed by atoms with van der Waals surface area (Å²) in [7, 11) is 0. The molecule has 2 atom stereocenters. The highest BCUT2D eigenvalue weighted by molar-refractivity contribution is 5.62. The van der Waals surface area contributed by atoms with Crippen LogP contribution in [0.3, 0.4) is 0 Å². The van der Waals surface area contributed by atoms with Gasteiger partial charge in [-0.3, -0.25) is 0 Å². The van der Waals surface area contributed by atoms with E-state index in [9.17, 15) is 4.79 Å². The fraction of sp³-hybridized carbons (Fsp3) is 0.242. The zero-order valence-corrected chi connectivity index (χ0v) is 21.1. The second-order valence-electron chi connectivity index (χ2n) is 9.05. The Labute approximate surface area is 214 Å². The molecule has 0 saturated heterocycles. The van der Waals surface area contributed by atoms with Crippen LogP contribution in [-0.2, 0) is 22.3 Å². The Hall–Kier alpha value is -3.85. The van der Waals surface area contributed by atoms with E-state index in [1.807, 2.05) is 84.9 Å². The summed E-state index contributed by atoms with van der Waals surface area (Å²) in [5.74, 6) is 0. The maximum atomic E-state index is 13.3. The lowest BCUT2D eigenvalue weighted by molar-refractivity contribution is 0.0166. The Kier molecular flexibility index (Phi) is 8.93. The summed E-state index contributed by atoms with van der Waals surface area (Å²) in [6, 6.07) is 36.2. The molecular weight excluding hydrogens is 444 g/mol. The van der Waals surface area contributed by atoms with Gasteiger partial charge in [-0.15, -0.1) is 0 Å². The molecule has 0 aliphatic rings. The molecule has 3 nitrogen and oxygen atoms in total. The number of ether oxygens (including phenoxy) is 2. The van der Waals surface area contributed by atoms with Crippen molar-refractivity contribution in [2.75, 3.05) is 0 Å². The zero-order chi connectivity index (χ0) is 25.2. The fourth-order valence-electron chi connectivity index (χ4n) is 4.43. The number of carbonyl (C=O) groups is 1. The van der Waals surface area contributed by atoms with Gasteiger partial charge in [0.05, 0.1) is 0 Å². The molecule has 0 fully saturated rings. The third kappa shape index (κ3) is 6.63. The Bertz CT molecular complexity index is 1100. The van der Waals surface area contributed by atoms with Crippen LogP contribution in [0.25, 0.3) is 0 Å². The van der Waals surface area contributed by atoms with Crippen molar-refractivity contribution in [1.29, 1.82) is 0 Å². The average molecular weight is 479 g/mol. The van der Waals surface area contributed by atoms with E-state index in [0.29, 0.717) is 0 Å². The lowest BCUT2D eigenvalue weighted by Gasteiger charge is -2.23. The summed E-state index contributed by atoms with van der Waals surface area (Å²) in [5.41, 5.74) is 6.17. The molecule has 4 aromatic carbocycles. The van der Waals surface area contributed by atoms with Crippen molar-refractivity contribution >= 4 is 6.16 Å². The van der Waals surface area contributed by atoms with E-state index in [2.05, 4.69) is 38.1 Å². The van der Waals surface area contributed by atoms with Crippen molar-refractivity contribution in [1.82, 2.24) is 0 Å². The SMILES string of the molecule is CCCc1ccc(C(OC(=O)OC(c2ccccc2)c2ccc(CCC)cc2)c2ccccc2)cc1. The number of aryl methyl sites for hydroxylation is 2. The summed E-state index contributed by atoms with van der Waals surface area (Å²) in [6.45, 7) is 4.33. The highest BCUT2D eigenvalue weighted by Crippen LogP contribution is 2.31. The maximum Gasteiger partial charge on any atom is 0.510 e. The first kappa shape index (κ1) is 25.2. The highest BCUT2D eigenvalue weighted by atomic mass is 16.7. The van der Waals surface area contributed by atoms with Crippen LogP contribution in [0.5, 0.6) is 0 Å². The molecule has 0 aliphatic heterocycles. The Morgan fingerprint density at radius 1 is 0.528 bits per heavy atom. The standard InChI is InChI=1S/C33H34O3/c1-3-11-25-17-21-29(22-18-25)31(27-13-7-5-8-14-27)35-33(34)36-32(28-15-9-6-10-16-28)30-23-19-26(12-4-2)20-24-30/h5-10,13-24,31-32H,3-4,11-12H2,1-2H3. The van der Waals surface area contributed by atoms with E-state index in [1.54, 1.807) is 0 Å². The van der Waals surface area contributed by atoms with Gasteiger partial charge >= 0.3 is 6.16 Å². The first-order chi connectivity index (χ1) is 17.7. The summed E-state index contributed by atoms with van der Waals surface area (Å²) >= 11 is 0. The van der Waals surface area contributed by atoms with Crippen molar-refractivity contribution in [2.24, 2.45) is 0 Å². The molecule has 0 aliphatic carbocycles. The topological polar surface area (TPSA) is 35.5 Å². The van der Waals surface area contributed by atoms with Crippen molar-refractivity contribution in [2.45, 2.75) is 51.7 Å². The number of carbonyl (C=O) groups excluding carboxylic acids is 1. The van der Waals surface area contributed by atoms with Crippen molar-refractivity contribution in [3.05, 3.63) is 143 Å². The molecule has 0 bridgehead atoms. The maximum absolute atomic E-state index is 13.3. The Morgan fingerprint density at radius 2 is 0.861 bits per heavy atom.